The molecule has 0 unspecified atom stereocenters. The van der Waals surface area contributed by atoms with Crippen LogP contribution in [0.3, 0.4) is 0 Å². The van der Waals surface area contributed by atoms with E-state index in [1.807, 2.05) is 48.5 Å². The Labute approximate surface area is 190 Å². The molecule has 0 saturated carbocycles. The van der Waals surface area contributed by atoms with E-state index in [1.54, 1.807) is 21.3 Å². The van der Waals surface area contributed by atoms with Crippen LogP contribution in [0, 0.1) is 6.92 Å². The third-order valence-corrected chi connectivity index (χ3v) is 5.66. The van der Waals surface area contributed by atoms with E-state index in [0.29, 0.717) is 11.5 Å². The Kier molecular flexibility index (Phi) is 8.28. The van der Waals surface area contributed by atoms with E-state index in [0.717, 1.165) is 24.0 Å². The smallest absolute Gasteiger partial charge is 0.241 e. The van der Waals surface area contributed by atoms with Gasteiger partial charge in [0.1, 0.15) is 6.04 Å². The Morgan fingerprint density at radius 2 is 1.56 bits per heavy atom. The molecule has 168 valence electrons. The number of hydrogen-bond donors (Lipinski definition) is 2. The van der Waals surface area contributed by atoms with Crippen LogP contribution in [0.5, 0.6) is 11.5 Å². The van der Waals surface area contributed by atoms with Crippen molar-refractivity contribution >= 4 is 5.91 Å². The molecule has 0 aliphatic rings. The molecule has 5 heteroatoms. The molecule has 2 N–H and O–H groups in total. The molecule has 0 bridgehead atoms. The maximum atomic E-state index is 12.8. The summed E-state index contributed by atoms with van der Waals surface area (Å²) in [5, 5.41) is 6.39. The highest BCUT2D eigenvalue weighted by Crippen LogP contribution is 2.32. The molecule has 0 fully saturated rings. The molecule has 0 spiro atoms. The summed E-state index contributed by atoms with van der Waals surface area (Å²) in [6.07, 6.45) is 1.69. The predicted octanol–water partition coefficient (Wildman–Crippen LogP) is 4.76. The van der Waals surface area contributed by atoms with Gasteiger partial charge in [0.2, 0.25) is 5.91 Å². The van der Waals surface area contributed by atoms with Gasteiger partial charge in [-0.05, 0) is 48.6 Å². The van der Waals surface area contributed by atoms with Crippen molar-refractivity contribution < 1.29 is 14.3 Å². The SMILES string of the molecule is CNC(=O)[C@H](N[C@H](CCc1ccc(C)cc1)c1ccc(OC)c(OC)c1)c1ccccc1. The Morgan fingerprint density at radius 1 is 0.875 bits per heavy atom. The average Bonchev–Trinajstić information content (AvgIpc) is 2.85. The van der Waals surface area contributed by atoms with Crippen molar-refractivity contribution in [3.8, 4) is 11.5 Å². The number of carbonyl (C=O) groups excluding carboxylic acids is 1. The van der Waals surface area contributed by atoms with Gasteiger partial charge in [-0.1, -0.05) is 66.2 Å². The number of benzene rings is 3. The van der Waals surface area contributed by atoms with Gasteiger partial charge in [-0.2, -0.15) is 0 Å². The first kappa shape index (κ1) is 23.4. The molecule has 0 aromatic heterocycles. The zero-order valence-electron chi connectivity index (χ0n) is 19.2. The van der Waals surface area contributed by atoms with Crippen LogP contribution in [0.4, 0.5) is 0 Å². The highest BCUT2D eigenvalue weighted by Gasteiger charge is 2.24. The number of likely N-dealkylation sites (N-methyl/N-ethyl adjacent to an activating group) is 1. The molecule has 0 saturated heterocycles. The van der Waals surface area contributed by atoms with Crippen LogP contribution >= 0.6 is 0 Å². The largest absolute Gasteiger partial charge is 0.493 e. The molecule has 5 nitrogen and oxygen atoms in total. The molecule has 0 aliphatic carbocycles. The molecule has 3 aromatic carbocycles. The Balaban J connectivity index is 1.93. The van der Waals surface area contributed by atoms with Crippen LogP contribution in [-0.4, -0.2) is 27.2 Å². The molecule has 0 heterocycles. The van der Waals surface area contributed by atoms with Crippen molar-refractivity contribution in [1.82, 2.24) is 10.6 Å². The lowest BCUT2D eigenvalue weighted by Crippen LogP contribution is -2.38. The van der Waals surface area contributed by atoms with Crippen molar-refractivity contribution in [3.05, 3.63) is 95.1 Å². The van der Waals surface area contributed by atoms with Gasteiger partial charge in [0.05, 0.1) is 14.2 Å². The fraction of sp³-hybridized carbons (Fsp3) is 0.296. The zero-order chi connectivity index (χ0) is 22.9. The number of carbonyl (C=O) groups is 1. The van der Waals surface area contributed by atoms with Gasteiger partial charge >= 0.3 is 0 Å². The number of aryl methyl sites for hydroxylation is 2. The third kappa shape index (κ3) is 5.89. The maximum absolute atomic E-state index is 12.8. The van der Waals surface area contributed by atoms with E-state index < -0.39 is 6.04 Å². The van der Waals surface area contributed by atoms with Crippen LogP contribution in [0.2, 0.25) is 0 Å². The Bertz CT molecular complexity index is 1000. The zero-order valence-corrected chi connectivity index (χ0v) is 19.2. The summed E-state index contributed by atoms with van der Waals surface area (Å²) >= 11 is 0. The quantitative estimate of drug-likeness (QED) is 0.485. The van der Waals surface area contributed by atoms with E-state index in [4.69, 9.17) is 9.47 Å². The molecular weight excluding hydrogens is 400 g/mol. The number of amides is 1. The van der Waals surface area contributed by atoms with Gasteiger partial charge < -0.3 is 14.8 Å². The van der Waals surface area contributed by atoms with Crippen molar-refractivity contribution in [2.45, 2.75) is 31.8 Å². The first-order valence-corrected chi connectivity index (χ1v) is 10.9. The minimum Gasteiger partial charge on any atom is -0.493 e. The molecule has 32 heavy (non-hydrogen) atoms. The topological polar surface area (TPSA) is 59.6 Å². The summed E-state index contributed by atoms with van der Waals surface area (Å²) in [7, 11) is 4.92. The Morgan fingerprint density at radius 3 is 2.19 bits per heavy atom. The fourth-order valence-corrected chi connectivity index (χ4v) is 3.80. The molecular formula is C27H32N2O3. The summed E-state index contributed by atoms with van der Waals surface area (Å²) in [6, 6.07) is 23.7. The van der Waals surface area contributed by atoms with E-state index >= 15 is 0 Å². The van der Waals surface area contributed by atoms with Crippen molar-refractivity contribution in [1.29, 1.82) is 0 Å². The van der Waals surface area contributed by atoms with E-state index in [-0.39, 0.29) is 11.9 Å². The van der Waals surface area contributed by atoms with Crippen LogP contribution in [0.15, 0.2) is 72.8 Å². The third-order valence-electron chi connectivity index (χ3n) is 5.66. The second-order valence-electron chi connectivity index (χ2n) is 7.82. The van der Waals surface area contributed by atoms with E-state index in [9.17, 15) is 4.79 Å². The van der Waals surface area contributed by atoms with Crippen LogP contribution in [0.1, 0.15) is 40.8 Å². The monoisotopic (exact) mass is 432 g/mol. The highest BCUT2D eigenvalue weighted by atomic mass is 16.5. The number of ether oxygens (including phenoxy) is 2. The van der Waals surface area contributed by atoms with Gasteiger partial charge in [0.15, 0.2) is 11.5 Å². The number of hydrogen-bond acceptors (Lipinski definition) is 4. The summed E-state index contributed by atoms with van der Waals surface area (Å²) in [5.41, 5.74) is 4.47. The first-order valence-electron chi connectivity index (χ1n) is 10.9. The van der Waals surface area contributed by atoms with Crippen molar-refractivity contribution in [2.75, 3.05) is 21.3 Å². The summed E-state index contributed by atoms with van der Waals surface area (Å²) in [6.45, 7) is 2.09. The molecule has 3 rings (SSSR count). The number of rotatable bonds is 10. The second-order valence-corrected chi connectivity index (χ2v) is 7.82. The van der Waals surface area contributed by atoms with Gasteiger partial charge in [-0.25, -0.2) is 0 Å². The molecule has 2 atom stereocenters. The second kappa shape index (κ2) is 11.3. The average molecular weight is 433 g/mol. The summed E-state index contributed by atoms with van der Waals surface area (Å²) in [4.78, 5) is 12.8. The number of methoxy groups -OCH3 is 2. The normalized spacial score (nSPS) is 12.6. The molecule has 3 aromatic rings. The van der Waals surface area contributed by atoms with Crippen LogP contribution < -0.4 is 20.1 Å². The maximum Gasteiger partial charge on any atom is 0.241 e. The van der Waals surface area contributed by atoms with Gasteiger partial charge in [0, 0.05) is 13.1 Å². The van der Waals surface area contributed by atoms with E-state index in [1.165, 1.54) is 11.1 Å². The minimum atomic E-state index is -0.475. The summed E-state index contributed by atoms with van der Waals surface area (Å²) in [5.74, 6) is 1.28. The lowest BCUT2D eigenvalue weighted by atomic mass is 9.95. The standard InChI is InChI=1S/C27H32N2O3/c1-19-10-12-20(13-11-19)14-16-23(22-15-17-24(31-3)25(18-22)32-4)29-26(27(30)28-2)21-8-6-5-7-9-21/h5-13,15,17-18,23,26,29H,14,16H2,1-4H3,(H,28,30)/t23-,26-/m1/s1. The van der Waals surface area contributed by atoms with Crippen molar-refractivity contribution in [3.63, 3.8) is 0 Å². The van der Waals surface area contributed by atoms with Crippen molar-refractivity contribution in [2.24, 2.45) is 0 Å². The fourth-order valence-electron chi connectivity index (χ4n) is 3.80. The van der Waals surface area contributed by atoms with E-state index in [2.05, 4.69) is 41.8 Å². The lowest BCUT2D eigenvalue weighted by molar-refractivity contribution is -0.123. The predicted molar refractivity (Wildman–Crippen MR) is 128 cm³/mol. The van der Waals surface area contributed by atoms with Gasteiger partial charge in [-0.15, -0.1) is 0 Å². The van der Waals surface area contributed by atoms with Crippen LogP contribution in [0.25, 0.3) is 0 Å². The van der Waals surface area contributed by atoms with Crippen LogP contribution in [-0.2, 0) is 11.2 Å². The van der Waals surface area contributed by atoms with Gasteiger partial charge in [0.25, 0.3) is 0 Å². The number of nitrogens with one attached hydrogen (secondary N) is 2. The Hall–Kier alpha value is -3.31. The van der Waals surface area contributed by atoms with Gasteiger partial charge in [-0.3, -0.25) is 10.1 Å². The molecule has 0 aliphatic heterocycles. The highest BCUT2D eigenvalue weighted by molar-refractivity contribution is 5.83. The first-order chi connectivity index (χ1) is 15.5. The molecule has 1 amide bonds. The minimum absolute atomic E-state index is 0.0707. The molecule has 0 radical (unpaired) electrons. The summed E-state index contributed by atoms with van der Waals surface area (Å²) < 4.78 is 10.9. The lowest BCUT2D eigenvalue weighted by Gasteiger charge is -2.26.